The smallest absolute Gasteiger partial charge is 0.254 e. The third-order valence-electron chi connectivity index (χ3n) is 4.97. The molecule has 1 heterocycles. The van der Waals surface area contributed by atoms with Gasteiger partial charge >= 0.3 is 0 Å². The molecule has 0 bridgehead atoms. The van der Waals surface area contributed by atoms with Crippen molar-refractivity contribution in [1.29, 1.82) is 0 Å². The third-order valence-corrected chi connectivity index (χ3v) is 4.97. The molecule has 0 aliphatic heterocycles. The molecular weight excluding hydrogens is 354 g/mol. The number of nitrogens with zero attached hydrogens (tertiary/aromatic N) is 3. The third kappa shape index (κ3) is 4.63. The van der Waals surface area contributed by atoms with E-state index in [1.807, 2.05) is 34.8 Å². The predicted molar refractivity (Wildman–Crippen MR) is 108 cm³/mol. The molecule has 2 aromatic rings. The molecular formula is C22H27N3O3. The highest BCUT2D eigenvalue weighted by molar-refractivity contribution is 5.97. The lowest BCUT2D eigenvalue weighted by Crippen LogP contribution is -2.43. The number of aryl methyl sites for hydroxylation is 1. The number of aromatic nitrogens is 1. The van der Waals surface area contributed by atoms with Crippen molar-refractivity contribution in [1.82, 2.24) is 14.4 Å². The second-order valence-electron chi connectivity index (χ2n) is 7.07. The van der Waals surface area contributed by atoms with Crippen LogP contribution >= 0.6 is 0 Å². The summed E-state index contributed by atoms with van der Waals surface area (Å²) in [5, 5.41) is 0. The van der Waals surface area contributed by atoms with E-state index in [1.54, 1.807) is 37.5 Å². The maximum Gasteiger partial charge on any atom is 0.254 e. The van der Waals surface area contributed by atoms with Crippen LogP contribution in [0.5, 0.6) is 5.75 Å². The lowest BCUT2D eigenvalue weighted by molar-refractivity contribution is -0.133. The Bertz CT molecular complexity index is 854. The molecule has 1 fully saturated rings. The van der Waals surface area contributed by atoms with Gasteiger partial charge < -0.3 is 19.1 Å². The van der Waals surface area contributed by atoms with Gasteiger partial charge in [-0.25, -0.2) is 0 Å². The minimum Gasteiger partial charge on any atom is -0.497 e. The number of hydrogen-bond acceptors (Lipinski definition) is 3. The van der Waals surface area contributed by atoms with Crippen molar-refractivity contribution in [2.75, 3.05) is 20.2 Å². The van der Waals surface area contributed by atoms with Gasteiger partial charge in [-0.1, -0.05) is 12.1 Å². The first-order valence-electron chi connectivity index (χ1n) is 9.47. The summed E-state index contributed by atoms with van der Waals surface area (Å²) in [6.07, 6.45) is 5.65. The zero-order chi connectivity index (χ0) is 20.1. The SMILES string of the molecule is C=CCN(CC(=O)N(Cc1cccn1C)C1CC1)C(=O)c1cccc(OC)c1. The minimum atomic E-state index is -0.207. The van der Waals surface area contributed by atoms with Gasteiger partial charge in [0, 0.05) is 37.1 Å². The maximum absolute atomic E-state index is 13.1. The Hall–Kier alpha value is -3.02. The molecule has 0 radical (unpaired) electrons. The van der Waals surface area contributed by atoms with E-state index in [0.717, 1.165) is 18.5 Å². The highest BCUT2D eigenvalue weighted by Gasteiger charge is 2.34. The normalized spacial score (nSPS) is 13.1. The van der Waals surface area contributed by atoms with Gasteiger partial charge in [0.2, 0.25) is 5.91 Å². The summed E-state index contributed by atoms with van der Waals surface area (Å²) in [6, 6.07) is 11.2. The molecule has 148 valence electrons. The second kappa shape index (κ2) is 8.78. The summed E-state index contributed by atoms with van der Waals surface area (Å²) in [5.74, 6) is 0.364. The molecule has 6 heteroatoms. The quantitative estimate of drug-likeness (QED) is 0.628. The van der Waals surface area contributed by atoms with E-state index in [1.165, 1.54) is 4.90 Å². The van der Waals surface area contributed by atoms with E-state index in [9.17, 15) is 9.59 Å². The Morgan fingerprint density at radius 2 is 2.07 bits per heavy atom. The van der Waals surface area contributed by atoms with E-state index in [0.29, 0.717) is 24.4 Å². The number of hydrogen-bond donors (Lipinski definition) is 0. The van der Waals surface area contributed by atoms with Gasteiger partial charge in [0.25, 0.3) is 5.91 Å². The van der Waals surface area contributed by atoms with E-state index >= 15 is 0 Å². The molecule has 28 heavy (non-hydrogen) atoms. The van der Waals surface area contributed by atoms with Crippen molar-refractivity contribution in [2.45, 2.75) is 25.4 Å². The number of amides is 2. The fourth-order valence-corrected chi connectivity index (χ4v) is 3.21. The first-order chi connectivity index (χ1) is 13.5. The molecule has 6 nitrogen and oxygen atoms in total. The van der Waals surface area contributed by atoms with Crippen LogP contribution in [0.2, 0.25) is 0 Å². The first-order valence-corrected chi connectivity index (χ1v) is 9.47. The standard InChI is InChI=1S/C22H27N3O3/c1-4-12-24(22(27)17-7-5-9-20(14-17)28-3)16-21(26)25(18-10-11-18)15-19-8-6-13-23(19)2/h4-9,13-14,18H,1,10-12,15-16H2,2-3H3. The molecule has 1 aromatic carbocycles. The van der Waals surface area contributed by atoms with Crippen molar-refractivity contribution in [3.05, 3.63) is 66.5 Å². The molecule has 0 atom stereocenters. The van der Waals surface area contributed by atoms with Crippen LogP contribution in [-0.2, 0) is 18.4 Å². The van der Waals surface area contributed by atoms with Gasteiger partial charge in [0.05, 0.1) is 13.7 Å². The van der Waals surface area contributed by atoms with E-state index in [4.69, 9.17) is 4.74 Å². The average Bonchev–Trinajstić information content (AvgIpc) is 3.47. The van der Waals surface area contributed by atoms with Crippen molar-refractivity contribution < 1.29 is 14.3 Å². The number of methoxy groups -OCH3 is 1. The van der Waals surface area contributed by atoms with Crippen molar-refractivity contribution in [3.8, 4) is 5.75 Å². The molecule has 0 unspecified atom stereocenters. The van der Waals surface area contributed by atoms with Gasteiger partial charge in [-0.05, 0) is 43.2 Å². The molecule has 0 spiro atoms. The van der Waals surface area contributed by atoms with Gasteiger partial charge in [-0.2, -0.15) is 0 Å². The number of carbonyl (C=O) groups is 2. The maximum atomic E-state index is 13.1. The molecule has 1 aromatic heterocycles. The van der Waals surface area contributed by atoms with Crippen molar-refractivity contribution in [3.63, 3.8) is 0 Å². The molecule has 1 aliphatic rings. The fourth-order valence-electron chi connectivity index (χ4n) is 3.21. The van der Waals surface area contributed by atoms with Crippen LogP contribution in [-0.4, -0.2) is 52.4 Å². The summed E-state index contributed by atoms with van der Waals surface area (Å²) in [6.45, 7) is 4.63. The number of ether oxygens (including phenoxy) is 1. The zero-order valence-electron chi connectivity index (χ0n) is 16.5. The predicted octanol–water partition coefficient (Wildman–Crippen LogP) is 2.85. The van der Waals surface area contributed by atoms with Crippen LogP contribution in [0.4, 0.5) is 0 Å². The highest BCUT2D eigenvalue weighted by Crippen LogP contribution is 2.28. The summed E-state index contributed by atoms with van der Waals surface area (Å²) >= 11 is 0. The van der Waals surface area contributed by atoms with Gasteiger partial charge in [0.15, 0.2) is 0 Å². The second-order valence-corrected chi connectivity index (χ2v) is 7.07. The Kier molecular flexibility index (Phi) is 6.19. The topological polar surface area (TPSA) is 54.8 Å². The van der Waals surface area contributed by atoms with Crippen LogP contribution < -0.4 is 4.74 Å². The fraction of sp³-hybridized carbons (Fsp3) is 0.364. The summed E-state index contributed by atoms with van der Waals surface area (Å²) in [4.78, 5) is 29.5. The summed E-state index contributed by atoms with van der Waals surface area (Å²) < 4.78 is 7.22. The number of benzene rings is 1. The zero-order valence-corrected chi connectivity index (χ0v) is 16.5. The largest absolute Gasteiger partial charge is 0.497 e. The summed E-state index contributed by atoms with van der Waals surface area (Å²) in [5.41, 5.74) is 1.57. The Balaban J connectivity index is 1.74. The van der Waals surface area contributed by atoms with Crippen LogP contribution in [0.15, 0.2) is 55.3 Å². The molecule has 1 saturated carbocycles. The van der Waals surface area contributed by atoms with E-state index < -0.39 is 0 Å². The molecule has 0 N–H and O–H groups in total. The monoisotopic (exact) mass is 381 g/mol. The van der Waals surface area contributed by atoms with Crippen LogP contribution in [0.1, 0.15) is 28.9 Å². The van der Waals surface area contributed by atoms with E-state index in [-0.39, 0.29) is 24.4 Å². The number of carbonyl (C=O) groups excluding carboxylic acids is 2. The van der Waals surface area contributed by atoms with Gasteiger partial charge in [-0.15, -0.1) is 6.58 Å². The lowest BCUT2D eigenvalue weighted by Gasteiger charge is -2.27. The molecule has 1 aliphatic carbocycles. The average molecular weight is 381 g/mol. The Morgan fingerprint density at radius 3 is 2.68 bits per heavy atom. The van der Waals surface area contributed by atoms with Crippen molar-refractivity contribution in [2.24, 2.45) is 7.05 Å². The van der Waals surface area contributed by atoms with Gasteiger partial charge in [-0.3, -0.25) is 9.59 Å². The summed E-state index contributed by atoms with van der Waals surface area (Å²) in [7, 11) is 3.53. The minimum absolute atomic E-state index is 0.0307. The Morgan fingerprint density at radius 1 is 1.29 bits per heavy atom. The molecule has 2 amide bonds. The van der Waals surface area contributed by atoms with Crippen LogP contribution in [0.3, 0.4) is 0 Å². The van der Waals surface area contributed by atoms with Gasteiger partial charge in [0.1, 0.15) is 12.3 Å². The lowest BCUT2D eigenvalue weighted by atomic mass is 10.2. The Labute approximate surface area is 166 Å². The molecule has 0 saturated heterocycles. The first kappa shape index (κ1) is 19.7. The van der Waals surface area contributed by atoms with Crippen molar-refractivity contribution >= 4 is 11.8 Å². The number of rotatable bonds is 9. The van der Waals surface area contributed by atoms with E-state index in [2.05, 4.69) is 6.58 Å². The van der Waals surface area contributed by atoms with Crippen LogP contribution in [0, 0.1) is 0 Å². The van der Waals surface area contributed by atoms with Crippen LogP contribution in [0.25, 0.3) is 0 Å². The highest BCUT2D eigenvalue weighted by atomic mass is 16.5. The molecule has 3 rings (SSSR count).